The zero-order chi connectivity index (χ0) is 13.0. The third-order valence-corrected chi connectivity index (χ3v) is 6.26. The quantitative estimate of drug-likeness (QED) is 0.881. The molecule has 0 saturated heterocycles. The number of thioether (sulfide) groups is 1. The van der Waals surface area contributed by atoms with E-state index in [1.165, 1.54) is 36.4 Å². The summed E-state index contributed by atoms with van der Waals surface area (Å²) < 4.78 is 1.25. The first-order valence-corrected chi connectivity index (χ1v) is 8.75. The first kappa shape index (κ1) is 14.4. The molecule has 0 aliphatic heterocycles. The van der Waals surface area contributed by atoms with E-state index in [9.17, 15) is 0 Å². The smallest absolute Gasteiger partial charge is 0.150 e. The summed E-state index contributed by atoms with van der Waals surface area (Å²) in [7, 11) is 2.10. The molecule has 0 radical (unpaired) electrons. The van der Waals surface area contributed by atoms with Crippen molar-refractivity contribution in [3.05, 3.63) is 11.1 Å². The average Bonchev–Trinajstić information content (AvgIpc) is 2.76. The topological polar surface area (TPSA) is 24.9 Å². The Morgan fingerprint density at radius 1 is 1.50 bits per heavy atom. The Morgan fingerprint density at radius 3 is 2.94 bits per heavy atom. The van der Waals surface area contributed by atoms with Gasteiger partial charge in [0.1, 0.15) is 4.34 Å². The number of nitrogens with one attached hydrogen (secondary N) is 1. The van der Waals surface area contributed by atoms with Crippen LogP contribution in [0.4, 0.5) is 0 Å². The standard InChI is InChI=1S/C14H24N2S2/c1-4-5-11-6-7-12(15-3)13(8-11)18-14-16-10(2)9-17-14/h9,11-13,15H,4-8H2,1-3H3. The monoisotopic (exact) mass is 284 g/mol. The minimum absolute atomic E-state index is 0.660. The normalized spacial score (nSPS) is 28.5. The molecule has 1 heterocycles. The van der Waals surface area contributed by atoms with Crippen molar-refractivity contribution >= 4 is 23.1 Å². The Kier molecular flexibility index (Phi) is 5.52. The first-order chi connectivity index (χ1) is 8.72. The van der Waals surface area contributed by atoms with E-state index in [4.69, 9.17) is 0 Å². The molecule has 0 bridgehead atoms. The number of thiazole rings is 1. The fourth-order valence-corrected chi connectivity index (χ4v) is 5.38. The predicted octanol–water partition coefficient (Wildman–Crippen LogP) is 4.10. The Morgan fingerprint density at radius 2 is 2.33 bits per heavy atom. The third kappa shape index (κ3) is 3.72. The van der Waals surface area contributed by atoms with Gasteiger partial charge in [0, 0.05) is 22.4 Å². The van der Waals surface area contributed by atoms with Gasteiger partial charge in [-0.15, -0.1) is 11.3 Å². The highest BCUT2D eigenvalue weighted by Crippen LogP contribution is 2.38. The third-order valence-electron chi connectivity index (χ3n) is 3.82. The molecular weight excluding hydrogens is 260 g/mol. The molecule has 4 heteroatoms. The molecule has 18 heavy (non-hydrogen) atoms. The molecule has 102 valence electrons. The Hall–Kier alpha value is -0.0600. The molecule has 1 aliphatic rings. The van der Waals surface area contributed by atoms with Gasteiger partial charge < -0.3 is 5.32 Å². The Bertz CT molecular complexity index is 364. The van der Waals surface area contributed by atoms with Crippen LogP contribution in [-0.2, 0) is 0 Å². The van der Waals surface area contributed by atoms with Gasteiger partial charge in [0.15, 0.2) is 0 Å². The highest BCUT2D eigenvalue weighted by atomic mass is 32.2. The van der Waals surface area contributed by atoms with E-state index < -0.39 is 0 Å². The fourth-order valence-electron chi connectivity index (χ4n) is 2.86. The van der Waals surface area contributed by atoms with Crippen molar-refractivity contribution in [2.24, 2.45) is 5.92 Å². The zero-order valence-corrected chi connectivity index (χ0v) is 13.2. The summed E-state index contributed by atoms with van der Waals surface area (Å²) in [5, 5.41) is 6.36. The van der Waals surface area contributed by atoms with Crippen LogP contribution in [-0.4, -0.2) is 23.3 Å². The van der Waals surface area contributed by atoms with E-state index in [2.05, 4.69) is 36.6 Å². The van der Waals surface area contributed by atoms with Crippen LogP contribution in [0.1, 0.15) is 44.7 Å². The van der Waals surface area contributed by atoms with Crippen molar-refractivity contribution in [3.63, 3.8) is 0 Å². The molecular formula is C14H24N2S2. The maximum absolute atomic E-state index is 4.60. The van der Waals surface area contributed by atoms with Crippen LogP contribution in [0.5, 0.6) is 0 Å². The fraction of sp³-hybridized carbons (Fsp3) is 0.786. The lowest BCUT2D eigenvalue weighted by Crippen LogP contribution is -2.40. The van der Waals surface area contributed by atoms with Crippen molar-refractivity contribution in [1.82, 2.24) is 10.3 Å². The summed E-state index contributed by atoms with van der Waals surface area (Å²) in [6, 6.07) is 0.660. The second kappa shape index (κ2) is 6.92. The van der Waals surface area contributed by atoms with Crippen molar-refractivity contribution < 1.29 is 0 Å². The minimum atomic E-state index is 0.660. The van der Waals surface area contributed by atoms with Crippen molar-refractivity contribution in [2.75, 3.05) is 7.05 Å². The summed E-state index contributed by atoms with van der Waals surface area (Å²) in [5.41, 5.74) is 1.16. The van der Waals surface area contributed by atoms with Crippen molar-refractivity contribution in [1.29, 1.82) is 0 Å². The van der Waals surface area contributed by atoms with E-state index >= 15 is 0 Å². The van der Waals surface area contributed by atoms with Gasteiger partial charge >= 0.3 is 0 Å². The van der Waals surface area contributed by atoms with E-state index in [0.29, 0.717) is 11.3 Å². The number of nitrogens with zero attached hydrogens (tertiary/aromatic N) is 1. The van der Waals surface area contributed by atoms with Gasteiger partial charge in [0.25, 0.3) is 0 Å². The largest absolute Gasteiger partial charge is 0.316 e. The number of rotatable bonds is 5. The molecule has 1 aliphatic carbocycles. The number of hydrogen-bond donors (Lipinski definition) is 1. The molecule has 2 nitrogen and oxygen atoms in total. The molecule has 2 rings (SSSR count). The lowest BCUT2D eigenvalue weighted by Gasteiger charge is -2.35. The lowest BCUT2D eigenvalue weighted by molar-refractivity contribution is 0.295. The van der Waals surface area contributed by atoms with Crippen LogP contribution in [0.3, 0.4) is 0 Å². The van der Waals surface area contributed by atoms with Gasteiger partial charge in [0.05, 0.1) is 0 Å². The SMILES string of the molecule is CCCC1CCC(NC)C(Sc2nc(C)cs2)C1. The maximum atomic E-state index is 4.60. The molecule has 1 N–H and O–H groups in total. The average molecular weight is 284 g/mol. The molecule has 3 atom stereocenters. The predicted molar refractivity (Wildman–Crippen MR) is 81.6 cm³/mol. The van der Waals surface area contributed by atoms with Crippen LogP contribution >= 0.6 is 23.1 Å². The Balaban J connectivity index is 1.97. The van der Waals surface area contributed by atoms with E-state index in [1.807, 2.05) is 11.8 Å². The molecule has 1 saturated carbocycles. The summed E-state index contributed by atoms with van der Waals surface area (Å²) in [5.74, 6) is 0.929. The first-order valence-electron chi connectivity index (χ1n) is 6.99. The number of aromatic nitrogens is 1. The van der Waals surface area contributed by atoms with E-state index in [-0.39, 0.29) is 0 Å². The second-order valence-corrected chi connectivity index (χ2v) is 7.62. The minimum Gasteiger partial charge on any atom is -0.316 e. The van der Waals surface area contributed by atoms with Gasteiger partial charge in [-0.25, -0.2) is 4.98 Å². The molecule has 3 unspecified atom stereocenters. The molecule has 0 aromatic carbocycles. The molecule has 0 spiro atoms. The van der Waals surface area contributed by atoms with Gasteiger partial charge in [0.2, 0.25) is 0 Å². The summed E-state index contributed by atoms with van der Waals surface area (Å²) in [6.07, 6.45) is 6.78. The molecule has 1 aromatic heterocycles. The van der Waals surface area contributed by atoms with Crippen LogP contribution in [0.15, 0.2) is 9.72 Å². The van der Waals surface area contributed by atoms with Crippen LogP contribution in [0.25, 0.3) is 0 Å². The van der Waals surface area contributed by atoms with Crippen LogP contribution in [0.2, 0.25) is 0 Å². The summed E-state index contributed by atoms with van der Waals surface area (Å²) in [4.78, 5) is 4.60. The molecule has 1 aromatic rings. The van der Waals surface area contributed by atoms with Gasteiger partial charge in [-0.3, -0.25) is 0 Å². The van der Waals surface area contributed by atoms with Crippen molar-refractivity contribution in [3.8, 4) is 0 Å². The number of aryl methyl sites for hydroxylation is 1. The summed E-state index contributed by atoms with van der Waals surface area (Å²) >= 11 is 3.79. The van der Waals surface area contributed by atoms with Gasteiger partial charge in [-0.2, -0.15) is 0 Å². The molecule has 0 amide bonds. The highest BCUT2D eigenvalue weighted by molar-refractivity contribution is 8.01. The van der Waals surface area contributed by atoms with Gasteiger partial charge in [-0.1, -0.05) is 31.5 Å². The Labute approximate surface area is 119 Å². The zero-order valence-electron chi connectivity index (χ0n) is 11.6. The summed E-state index contributed by atoms with van der Waals surface area (Å²) in [6.45, 7) is 4.38. The van der Waals surface area contributed by atoms with E-state index in [0.717, 1.165) is 11.6 Å². The van der Waals surface area contributed by atoms with E-state index in [1.54, 1.807) is 11.3 Å². The lowest BCUT2D eigenvalue weighted by atomic mass is 9.83. The maximum Gasteiger partial charge on any atom is 0.150 e. The van der Waals surface area contributed by atoms with Crippen molar-refractivity contribution in [2.45, 2.75) is 61.6 Å². The van der Waals surface area contributed by atoms with Crippen LogP contribution < -0.4 is 5.32 Å². The number of hydrogen-bond acceptors (Lipinski definition) is 4. The second-order valence-electron chi connectivity index (χ2n) is 5.27. The molecule has 1 fully saturated rings. The highest BCUT2D eigenvalue weighted by Gasteiger charge is 2.30. The van der Waals surface area contributed by atoms with Crippen LogP contribution in [0, 0.1) is 12.8 Å². The van der Waals surface area contributed by atoms with Gasteiger partial charge in [-0.05, 0) is 39.2 Å².